The van der Waals surface area contributed by atoms with Crippen molar-refractivity contribution >= 4 is 28.4 Å². The summed E-state index contributed by atoms with van der Waals surface area (Å²) in [6, 6.07) is 17.3. The lowest BCUT2D eigenvalue weighted by Gasteiger charge is -2.10. The van der Waals surface area contributed by atoms with Crippen LogP contribution in [0.25, 0.3) is 10.9 Å². The zero-order valence-corrected chi connectivity index (χ0v) is 15.8. The molecule has 0 aliphatic carbocycles. The average molecular weight is 385 g/mol. The van der Waals surface area contributed by atoms with Crippen LogP contribution in [0.3, 0.4) is 0 Å². The minimum Gasteiger partial charge on any atom is -0.496 e. The summed E-state index contributed by atoms with van der Waals surface area (Å²) in [5.41, 5.74) is 2.90. The predicted octanol–water partition coefficient (Wildman–Crippen LogP) is 3.71. The lowest BCUT2D eigenvalue weighted by Crippen LogP contribution is -2.23. The number of anilines is 2. The minimum absolute atomic E-state index is 0.255. The number of carbonyl (C=O) groups excluding carboxylic acids is 1. The molecule has 0 aliphatic heterocycles. The van der Waals surface area contributed by atoms with E-state index in [-0.39, 0.29) is 5.91 Å². The Morgan fingerprint density at radius 2 is 1.76 bits per heavy atom. The highest BCUT2D eigenvalue weighted by Gasteiger charge is 2.10. The number of para-hydroxylation sites is 2. The summed E-state index contributed by atoms with van der Waals surface area (Å²) in [5.74, 6) is 0.867. The number of carbonyl (C=O) groups is 1. The molecule has 0 radical (unpaired) electrons. The van der Waals surface area contributed by atoms with Crippen LogP contribution in [0, 0.1) is 0 Å². The van der Waals surface area contributed by atoms with Crippen LogP contribution in [-0.4, -0.2) is 28.0 Å². The molecule has 0 atom stereocenters. The van der Waals surface area contributed by atoms with Gasteiger partial charge < -0.3 is 15.4 Å². The number of benzene rings is 2. The lowest BCUT2D eigenvalue weighted by atomic mass is 10.2. The molecule has 2 aromatic heterocycles. The molecular formula is C22H19N5O2. The summed E-state index contributed by atoms with van der Waals surface area (Å²) >= 11 is 0. The van der Waals surface area contributed by atoms with Gasteiger partial charge in [0.25, 0.3) is 5.91 Å². The maximum absolute atomic E-state index is 12.4. The molecule has 4 aromatic rings. The molecule has 2 N–H and O–H groups in total. The van der Waals surface area contributed by atoms with Gasteiger partial charge in [-0.15, -0.1) is 0 Å². The van der Waals surface area contributed by atoms with Gasteiger partial charge in [0.2, 0.25) is 5.95 Å². The molecule has 0 spiro atoms. The molecule has 0 unspecified atom stereocenters. The molecule has 4 rings (SSSR count). The number of pyridine rings is 1. The molecular weight excluding hydrogens is 366 g/mol. The Morgan fingerprint density at radius 1 is 0.966 bits per heavy atom. The van der Waals surface area contributed by atoms with E-state index in [1.165, 1.54) is 12.4 Å². The third-order valence-electron chi connectivity index (χ3n) is 4.43. The third-order valence-corrected chi connectivity index (χ3v) is 4.43. The third kappa shape index (κ3) is 4.14. The first-order valence-corrected chi connectivity index (χ1v) is 9.07. The summed E-state index contributed by atoms with van der Waals surface area (Å²) in [6.45, 7) is 0.352. The molecule has 7 nitrogen and oxygen atoms in total. The molecule has 144 valence electrons. The zero-order chi connectivity index (χ0) is 20.1. The normalized spacial score (nSPS) is 10.5. The Kier molecular flexibility index (Phi) is 5.29. The van der Waals surface area contributed by atoms with Crippen molar-refractivity contribution in [3.05, 3.63) is 84.3 Å². The fraction of sp³-hybridized carbons (Fsp3) is 0.0909. The van der Waals surface area contributed by atoms with E-state index in [1.54, 1.807) is 13.3 Å². The molecule has 1 amide bonds. The SMILES string of the molecule is COc1ccccc1CNC(=O)c1cnc(Nc2cccc3cccnc23)nc1. The Bertz CT molecular complexity index is 1140. The van der Waals surface area contributed by atoms with Gasteiger partial charge in [-0.1, -0.05) is 36.4 Å². The average Bonchev–Trinajstić information content (AvgIpc) is 2.78. The molecule has 0 bridgehead atoms. The number of hydrogen-bond acceptors (Lipinski definition) is 6. The molecule has 0 saturated carbocycles. The monoisotopic (exact) mass is 385 g/mol. The zero-order valence-electron chi connectivity index (χ0n) is 15.8. The molecule has 0 fully saturated rings. The van der Waals surface area contributed by atoms with Crippen molar-refractivity contribution in [1.82, 2.24) is 20.3 Å². The summed E-state index contributed by atoms with van der Waals surface area (Å²) in [6.07, 6.45) is 4.72. The number of nitrogens with zero attached hydrogens (tertiary/aromatic N) is 3. The van der Waals surface area contributed by atoms with Crippen LogP contribution in [0.2, 0.25) is 0 Å². The Labute approximate surface area is 167 Å². The van der Waals surface area contributed by atoms with E-state index in [2.05, 4.69) is 25.6 Å². The summed E-state index contributed by atoms with van der Waals surface area (Å²) in [7, 11) is 1.60. The van der Waals surface area contributed by atoms with E-state index in [0.717, 1.165) is 27.9 Å². The fourth-order valence-corrected chi connectivity index (χ4v) is 2.96. The summed E-state index contributed by atoms with van der Waals surface area (Å²) < 4.78 is 5.30. The van der Waals surface area contributed by atoms with E-state index >= 15 is 0 Å². The van der Waals surface area contributed by atoms with Crippen molar-refractivity contribution in [2.75, 3.05) is 12.4 Å². The van der Waals surface area contributed by atoms with Gasteiger partial charge in [-0.3, -0.25) is 9.78 Å². The molecule has 2 aromatic carbocycles. The van der Waals surface area contributed by atoms with Crippen molar-refractivity contribution < 1.29 is 9.53 Å². The summed E-state index contributed by atoms with van der Waals surface area (Å²) in [4.78, 5) is 25.3. The van der Waals surface area contributed by atoms with E-state index in [0.29, 0.717) is 18.1 Å². The van der Waals surface area contributed by atoms with Gasteiger partial charge >= 0.3 is 0 Å². The van der Waals surface area contributed by atoms with Crippen molar-refractivity contribution in [2.24, 2.45) is 0 Å². The van der Waals surface area contributed by atoms with Crippen molar-refractivity contribution in [1.29, 1.82) is 0 Å². The van der Waals surface area contributed by atoms with Gasteiger partial charge in [-0.25, -0.2) is 9.97 Å². The van der Waals surface area contributed by atoms with E-state index < -0.39 is 0 Å². The van der Waals surface area contributed by atoms with Crippen LogP contribution in [0.1, 0.15) is 15.9 Å². The number of aromatic nitrogens is 3. The molecule has 0 aliphatic rings. The highest BCUT2D eigenvalue weighted by molar-refractivity contribution is 5.94. The van der Waals surface area contributed by atoms with Gasteiger partial charge in [0, 0.05) is 36.1 Å². The van der Waals surface area contributed by atoms with E-state index in [4.69, 9.17) is 4.74 Å². The van der Waals surface area contributed by atoms with Crippen LogP contribution < -0.4 is 15.4 Å². The number of methoxy groups -OCH3 is 1. The van der Waals surface area contributed by atoms with Gasteiger partial charge in [-0.05, 0) is 18.2 Å². The number of ether oxygens (including phenoxy) is 1. The van der Waals surface area contributed by atoms with Crippen LogP contribution >= 0.6 is 0 Å². The van der Waals surface area contributed by atoms with Crippen molar-refractivity contribution in [3.63, 3.8) is 0 Å². The minimum atomic E-state index is -0.255. The molecule has 29 heavy (non-hydrogen) atoms. The molecule has 2 heterocycles. The van der Waals surface area contributed by atoms with E-state index in [9.17, 15) is 4.79 Å². The number of fused-ring (bicyclic) bond motifs is 1. The quantitative estimate of drug-likeness (QED) is 0.526. The van der Waals surface area contributed by atoms with Gasteiger partial charge in [-0.2, -0.15) is 0 Å². The van der Waals surface area contributed by atoms with Gasteiger partial charge in [0.05, 0.1) is 23.9 Å². The molecule has 0 saturated heterocycles. The highest BCUT2D eigenvalue weighted by Crippen LogP contribution is 2.23. The second-order valence-electron chi connectivity index (χ2n) is 6.30. The van der Waals surface area contributed by atoms with Crippen molar-refractivity contribution in [3.8, 4) is 5.75 Å². The van der Waals surface area contributed by atoms with Gasteiger partial charge in [0.15, 0.2) is 0 Å². The maximum atomic E-state index is 12.4. The van der Waals surface area contributed by atoms with Crippen LogP contribution in [0.15, 0.2) is 73.2 Å². The number of rotatable bonds is 6. The largest absolute Gasteiger partial charge is 0.496 e. The number of amides is 1. The lowest BCUT2D eigenvalue weighted by molar-refractivity contribution is 0.0950. The predicted molar refractivity (Wildman–Crippen MR) is 111 cm³/mol. The molecule has 7 heteroatoms. The number of nitrogens with one attached hydrogen (secondary N) is 2. The van der Waals surface area contributed by atoms with Crippen LogP contribution in [-0.2, 0) is 6.54 Å². The number of hydrogen-bond donors (Lipinski definition) is 2. The maximum Gasteiger partial charge on any atom is 0.254 e. The second-order valence-corrected chi connectivity index (χ2v) is 6.30. The Morgan fingerprint density at radius 3 is 2.59 bits per heavy atom. The fourth-order valence-electron chi connectivity index (χ4n) is 2.96. The first-order valence-electron chi connectivity index (χ1n) is 9.07. The van der Waals surface area contributed by atoms with Crippen LogP contribution in [0.5, 0.6) is 5.75 Å². The standard InChI is InChI=1S/C22H19N5O2/c1-29-19-10-3-2-6-16(19)12-24-21(28)17-13-25-22(26-14-17)27-18-9-4-7-15-8-5-11-23-20(15)18/h2-11,13-14H,12H2,1H3,(H,24,28)(H,25,26,27). The first-order chi connectivity index (χ1) is 14.2. The Balaban J connectivity index is 1.44. The van der Waals surface area contributed by atoms with Crippen molar-refractivity contribution in [2.45, 2.75) is 6.54 Å². The highest BCUT2D eigenvalue weighted by atomic mass is 16.5. The van der Waals surface area contributed by atoms with Crippen LogP contribution in [0.4, 0.5) is 11.6 Å². The Hall–Kier alpha value is -4.00. The summed E-state index contributed by atoms with van der Waals surface area (Å²) in [5, 5.41) is 7.03. The first kappa shape index (κ1) is 18.4. The topological polar surface area (TPSA) is 89.0 Å². The van der Waals surface area contributed by atoms with Gasteiger partial charge in [0.1, 0.15) is 5.75 Å². The smallest absolute Gasteiger partial charge is 0.254 e. The second kappa shape index (κ2) is 8.35. The van der Waals surface area contributed by atoms with E-state index in [1.807, 2.05) is 54.6 Å².